The van der Waals surface area contributed by atoms with Gasteiger partial charge in [-0.1, -0.05) is 58.3 Å². The van der Waals surface area contributed by atoms with Crippen molar-refractivity contribution in [2.45, 2.75) is 84.1 Å². The molecule has 1 atom stereocenters. The van der Waals surface area contributed by atoms with Gasteiger partial charge in [-0.2, -0.15) is 0 Å². The van der Waals surface area contributed by atoms with Crippen LogP contribution >= 0.6 is 0 Å². The van der Waals surface area contributed by atoms with Gasteiger partial charge in [-0.15, -0.1) is 0 Å². The van der Waals surface area contributed by atoms with E-state index in [2.05, 4.69) is 12.2 Å². The first kappa shape index (κ1) is 17.4. The lowest BCUT2D eigenvalue weighted by atomic mass is 10.0. The van der Waals surface area contributed by atoms with Crippen LogP contribution in [-0.4, -0.2) is 18.5 Å². The Morgan fingerprint density at radius 3 is 2.06 bits per heavy atom. The molecular formula is C15H32N2O. The average Bonchev–Trinajstić information content (AvgIpc) is 2.32. The van der Waals surface area contributed by atoms with Gasteiger partial charge in [-0.05, 0) is 19.4 Å². The number of amides is 1. The molecule has 0 aromatic rings. The first-order valence-corrected chi connectivity index (χ1v) is 7.67. The highest BCUT2D eigenvalue weighted by Crippen LogP contribution is 2.11. The SMILES string of the molecule is CCCCCCCCCCC(CCN)NC(C)=O. The van der Waals surface area contributed by atoms with E-state index in [4.69, 9.17) is 5.73 Å². The van der Waals surface area contributed by atoms with Gasteiger partial charge in [0.25, 0.3) is 0 Å². The Labute approximate surface area is 113 Å². The molecule has 0 bridgehead atoms. The average molecular weight is 256 g/mol. The third-order valence-corrected chi connectivity index (χ3v) is 3.33. The minimum Gasteiger partial charge on any atom is -0.354 e. The topological polar surface area (TPSA) is 55.1 Å². The van der Waals surface area contributed by atoms with E-state index in [1.165, 1.54) is 51.4 Å². The molecule has 3 N–H and O–H groups in total. The molecule has 1 unspecified atom stereocenters. The second-order valence-electron chi connectivity index (χ2n) is 5.24. The normalized spacial score (nSPS) is 12.4. The van der Waals surface area contributed by atoms with Crippen LogP contribution in [0.3, 0.4) is 0 Å². The van der Waals surface area contributed by atoms with Gasteiger partial charge in [0, 0.05) is 13.0 Å². The summed E-state index contributed by atoms with van der Waals surface area (Å²) in [5.41, 5.74) is 5.55. The molecule has 0 fully saturated rings. The summed E-state index contributed by atoms with van der Waals surface area (Å²) in [5.74, 6) is 0.0630. The van der Waals surface area contributed by atoms with Crippen molar-refractivity contribution in [1.29, 1.82) is 0 Å². The van der Waals surface area contributed by atoms with Crippen molar-refractivity contribution in [3.05, 3.63) is 0 Å². The van der Waals surface area contributed by atoms with E-state index in [1.807, 2.05) is 0 Å². The van der Waals surface area contributed by atoms with Crippen LogP contribution in [0.4, 0.5) is 0 Å². The third-order valence-electron chi connectivity index (χ3n) is 3.33. The molecule has 0 aromatic heterocycles. The second-order valence-corrected chi connectivity index (χ2v) is 5.24. The number of hydrogen-bond acceptors (Lipinski definition) is 2. The zero-order chi connectivity index (χ0) is 13.6. The summed E-state index contributed by atoms with van der Waals surface area (Å²) in [6, 6.07) is 0.285. The van der Waals surface area contributed by atoms with Crippen molar-refractivity contribution < 1.29 is 4.79 Å². The molecule has 0 aliphatic carbocycles. The lowest BCUT2D eigenvalue weighted by Crippen LogP contribution is -2.34. The first-order valence-electron chi connectivity index (χ1n) is 7.67. The van der Waals surface area contributed by atoms with E-state index < -0.39 is 0 Å². The Bertz CT molecular complexity index is 195. The van der Waals surface area contributed by atoms with Gasteiger partial charge in [0.15, 0.2) is 0 Å². The van der Waals surface area contributed by atoms with Gasteiger partial charge in [-0.25, -0.2) is 0 Å². The summed E-state index contributed by atoms with van der Waals surface area (Å²) in [6.45, 7) is 4.48. The molecule has 0 aliphatic rings. The molecule has 0 saturated heterocycles. The number of unbranched alkanes of at least 4 members (excludes halogenated alkanes) is 7. The van der Waals surface area contributed by atoms with Crippen LogP contribution in [0.5, 0.6) is 0 Å². The molecule has 1 amide bonds. The van der Waals surface area contributed by atoms with Crippen molar-refractivity contribution in [3.8, 4) is 0 Å². The Morgan fingerprint density at radius 2 is 1.56 bits per heavy atom. The number of carbonyl (C=O) groups excluding carboxylic acids is 1. The van der Waals surface area contributed by atoms with Crippen molar-refractivity contribution >= 4 is 5.91 Å². The minimum atomic E-state index is 0.0630. The van der Waals surface area contributed by atoms with E-state index in [-0.39, 0.29) is 11.9 Å². The second kappa shape index (κ2) is 12.9. The molecule has 108 valence electrons. The zero-order valence-corrected chi connectivity index (χ0v) is 12.3. The van der Waals surface area contributed by atoms with Crippen molar-refractivity contribution in [2.75, 3.05) is 6.54 Å². The van der Waals surface area contributed by atoms with Crippen LogP contribution in [0.2, 0.25) is 0 Å². The molecule has 3 nitrogen and oxygen atoms in total. The maximum absolute atomic E-state index is 11.0. The number of hydrogen-bond donors (Lipinski definition) is 2. The molecule has 0 heterocycles. The fraction of sp³-hybridized carbons (Fsp3) is 0.933. The number of nitrogens with one attached hydrogen (secondary N) is 1. The summed E-state index contributed by atoms with van der Waals surface area (Å²) < 4.78 is 0. The zero-order valence-electron chi connectivity index (χ0n) is 12.3. The van der Waals surface area contributed by atoms with Gasteiger partial charge < -0.3 is 11.1 Å². The molecular weight excluding hydrogens is 224 g/mol. The fourth-order valence-corrected chi connectivity index (χ4v) is 2.30. The summed E-state index contributed by atoms with van der Waals surface area (Å²) in [4.78, 5) is 11.0. The van der Waals surface area contributed by atoms with Gasteiger partial charge >= 0.3 is 0 Å². The largest absolute Gasteiger partial charge is 0.354 e. The highest BCUT2D eigenvalue weighted by atomic mass is 16.1. The standard InChI is InChI=1S/C15H32N2O/c1-3-4-5-6-7-8-9-10-11-15(12-13-16)17-14(2)18/h15H,3-13,16H2,1-2H3,(H,17,18). The quantitative estimate of drug-likeness (QED) is 0.526. The molecule has 0 aromatic carbocycles. The molecule has 0 spiro atoms. The predicted octanol–water partition coefficient (Wildman–Crippen LogP) is 3.37. The van der Waals surface area contributed by atoms with Crippen molar-refractivity contribution in [2.24, 2.45) is 5.73 Å². The van der Waals surface area contributed by atoms with Crippen LogP contribution in [-0.2, 0) is 4.79 Å². The van der Waals surface area contributed by atoms with E-state index in [9.17, 15) is 4.79 Å². The van der Waals surface area contributed by atoms with Gasteiger partial charge in [0.05, 0.1) is 0 Å². The highest BCUT2D eigenvalue weighted by molar-refractivity contribution is 5.73. The molecule has 0 radical (unpaired) electrons. The van der Waals surface area contributed by atoms with Gasteiger partial charge in [0.1, 0.15) is 0 Å². The van der Waals surface area contributed by atoms with Gasteiger partial charge in [0.2, 0.25) is 5.91 Å². The highest BCUT2D eigenvalue weighted by Gasteiger charge is 2.08. The lowest BCUT2D eigenvalue weighted by Gasteiger charge is -2.16. The van der Waals surface area contributed by atoms with Crippen LogP contribution in [0.15, 0.2) is 0 Å². The summed E-state index contributed by atoms with van der Waals surface area (Å²) in [6.07, 6.45) is 12.6. The molecule has 3 heteroatoms. The Morgan fingerprint density at radius 1 is 1.00 bits per heavy atom. The maximum Gasteiger partial charge on any atom is 0.217 e. The lowest BCUT2D eigenvalue weighted by molar-refractivity contribution is -0.119. The summed E-state index contributed by atoms with van der Waals surface area (Å²) in [5, 5.41) is 2.98. The van der Waals surface area contributed by atoms with Crippen molar-refractivity contribution in [1.82, 2.24) is 5.32 Å². The van der Waals surface area contributed by atoms with E-state index in [1.54, 1.807) is 6.92 Å². The Balaban J connectivity index is 3.40. The maximum atomic E-state index is 11.0. The van der Waals surface area contributed by atoms with Crippen molar-refractivity contribution in [3.63, 3.8) is 0 Å². The predicted molar refractivity (Wildman–Crippen MR) is 78.5 cm³/mol. The Hall–Kier alpha value is -0.570. The number of carbonyl (C=O) groups is 1. The summed E-state index contributed by atoms with van der Waals surface area (Å²) in [7, 11) is 0. The number of rotatable bonds is 12. The van der Waals surface area contributed by atoms with Gasteiger partial charge in [-0.3, -0.25) is 4.79 Å². The smallest absolute Gasteiger partial charge is 0.217 e. The van der Waals surface area contributed by atoms with Crippen LogP contribution < -0.4 is 11.1 Å². The minimum absolute atomic E-state index is 0.0630. The monoisotopic (exact) mass is 256 g/mol. The van der Waals surface area contributed by atoms with Crippen LogP contribution in [0, 0.1) is 0 Å². The molecule has 18 heavy (non-hydrogen) atoms. The molecule has 0 aliphatic heterocycles. The van der Waals surface area contributed by atoms with Crippen LogP contribution in [0.1, 0.15) is 78.1 Å². The molecule has 0 rings (SSSR count). The van der Waals surface area contributed by atoms with E-state index >= 15 is 0 Å². The summed E-state index contributed by atoms with van der Waals surface area (Å²) >= 11 is 0. The van der Waals surface area contributed by atoms with Crippen LogP contribution in [0.25, 0.3) is 0 Å². The fourth-order valence-electron chi connectivity index (χ4n) is 2.30. The first-order chi connectivity index (χ1) is 8.70. The Kier molecular flexibility index (Phi) is 12.5. The van der Waals surface area contributed by atoms with E-state index in [0.29, 0.717) is 6.54 Å². The third kappa shape index (κ3) is 11.9. The van der Waals surface area contributed by atoms with E-state index in [0.717, 1.165) is 12.8 Å². The number of nitrogens with two attached hydrogens (primary N) is 1. The molecule has 0 saturated carbocycles.